The molecule has 24 heavy (non-hydrogen) atoms. The van der Waals surface area contributed by atoms with Crippen LogP contribution in [0.3, 0.4) is 0 Å². The second kappa shape index (κ2) is 9.69. The number of carbonyl (C=O) groups is 2. The Labute approximate surface area is 148 Å². The van der Waals surface area contributed by atoms with Crippen LogP contribution in [0.4, 0.5) is 0 Å². The molecule has 0 heterocycles. The van der Waals surface area contributed by atoms with Gasteiger partial charge >= 0.3 is 0 Å². The number of amides is 2. The first-order valence-corrected chi connectivity index (χ1v) is 9.90. The van der Waals surface area contributed by atoms with Crippen molar-refractivity contribution in [2.45, 2.75) is 37.8 Å². The van der Waals surface area contributed by atoms with Gasteiger partial charge in [0, 0.05) is 11.6 Å². The summed E-state index contributed by atoms with van der Waals surface area (Å²) in [7, 11) is 0. The molecule has 3 atom stereocenters. The Morgan fingerprint density at radius 2 is 2.04 bits per heavy atom. The van der Waals surface area contributed by atoms with E-state index in [0.717, 1.165) is 25.0 Å². The Kier molecular flexibility index (Phi) is 7.59. The van der Waals surface area contributed by atoms with Gasteiger partial charge in [-0.25, -0.2) is 0 Å². The van der Waals surface area contributed by atoms with Crippen LogP contribution in [0, 0.1) is 5.92 Å². The summed E-state index contributed by atoms with van der Waals surface area (Å²) in [5.74, 6) is 0.857. The van der Waals surface area contributed by atoms with Crippen LogP contribution in [0.2, 0.25) is 0 Å². The SMILES string of the molecule is CSCCC(NC(=O)c1ccccc1)C(=O)NC1CCCC1CN. The average molecular weight is 350 g/mol. The van der Waals surface area contributed by atoms with E-state index in [1.54, 1.807) is 23.9 Å². The summed E-state index contributed by atoms with van der Waals surface area (Å²) in [6.45, 7) is 0.594. The highest BCUT2D eigenvalue weighted by atomic mass is 32.2. The maximum Gasteiger partial charge on any atom is 0.251 e. The number of hydrogen-bond donors (Lipinski definition) is 3. The summed E-state index contributed by atoms with van der Waals surface area (Å²) in [5.41, 5.74) is 6.36. The van der Waals surface area contributed by atoms with Crippen LogP contribution in [0.1, 0.15) is 36.0 Å². The van der Waals surface area contributed by atoms with Gasteiger partial charge in [0.05, 0.1) is 0 Å². The lowest BCUT2D eigenvalue weighted by atomic mass is 10.0. The maximum absolute atomic E-state index is 12.7. The van der Waals surface area contributed by atoms with E-state index in [-0.39, 0.29) is 17.9 Å². The summed E-state index contributed by atoms with van der Waals surface area (Å²) < 4.78 is 0. The summed E-state index contributed by atoms with van der Waals surface area (Å²) >= 11 is 1.67. The summed E-state index contributed by atoms with van der Waals surface area (Å²) in [5, 5.41) is 5.98. The molecule has 0 bridgehead atoms. The standard InChI is InChI=1S/C18H27N3O2S/c1-24-11-10-16(21-17(22)13-6-3-2-4-7-13)18(23)20-15-9-5-8-14(15)12-19/h2-4,6-7,14-16H,5,8-12,19H2,1H3,(H,20,23)(H,21,22). The second-order valence-corrected chi connectivity index (χ2v) is 7.20. The number of rotatable bonds is 8. The Morgan fingerprint density at radius 3 is 2.71 bits per heavy atom. The quantitative estimate of drug-likeness (QED) is 0.668. The minimum Gasteiger partial charge on any atom is -0.351 e. The highest BCUT2D eigenvalue weighted by Gasteiger charge is 2.30. The second-order valence-electron chi connectivity index (χ2n) is 6.22. The summed E-state index contributed by atoms with van der Waals surface area (Å²) in [6, 6.07) is 8.62. The van der Waals surface area contributed by atoms with Crippen LogP contribution >= 0.6 is 11.8 Å². The van der Waals surface area contributed by atoms with E-state index in [1.165, 1.54) is 0 Å². The van der Waals surface area contributed by atoms with Crippen molar-refractivity contribution >= 4 is 23.6 Å². The van der Waals surface area contributed by atoms with Crippen LogP contribution in [0.5, 0.6) is 0 Å². The fourth-order valence-electron chi connectivity index (χ4n) is 3.13. The van der Waals surface area contributed by atoms with Crippen LogP contribution in [-0.2, 0) is 4.79 Å². The van der Waals surface area contributed by atoms with Gasteiger partial charge in [0.1, 0.15) is 6.04 Å². The molecule has 0 aromatic heterocycles. The largest absolute Gasteiger partial charge is 0.351 e. The molecule has 0 aliphatic heterocycles. The molecule has 2 rings (SSSR count). The minimum absolute atomic E-state index is 0.0984. The van der Waals surface area contributed by atoms with E-state index in [4.69, 9.17) is 5.73 Å². The highest BCUT2D eigenvalue weighted by molar-refractivity contribution is 7.98. The van der Waals surface area contributed by atoms with Gasteiger partial charge in [-0.05, 0) is 55.9 Å². The number of nitrogens with two attached hydrogens (primary N) is 1. The van der Waals surface area contributed by atoms with E-state index in [9.17, 15) is 9.59 Å². The van der Waals surface area contributed by atoms with Gasteiger partial charge in [-0.15, -0.1) is 0 Å². The van der Waals surface area contributed by atoms with Crippen molar-refractivity contribution in [3.63, 3.8) is 0 Å². The summed E-state index contributed by atoms with van der Waals surface area (Å²) in [6.07, 6.45) is 5.74. The number of benzene rings is 1. The van der Waals surface area contributed by atoms with Gasteiger partial charge in [-0.1, -0.05) is 24.6 Å². The van der Waals surface area contributed by atoms with E-state index in [2.05, 4.69) is 10.6 Å². The normalized spacial score (nSPS) is 21.2. The molecule has 6 heteroatoms. The van der Waals surface area contributed by atoms with Crippen molar-refractivity contribution in [1.29, 1.82) is 0 Å². The molecule has 0 spiro atoms. The fourth-order valence-corrected chi connectivity index (χ4v) is 3.60. The third-order valence-electron chi connectivity index (χ3n) is 4.56. The number of carbonyl (C=O) groups excluding carboxylic acids is 2. The van der Waals surface area contributed by atoms with Crippen molar-refractivity contribution in [2.24, 2.45) is 11.7 Å². The van der Waals surface area contributed by atoms with E-state index in [0.29, 0.717) is 24.4 Å². The van der Waals surface area contributed by atoms with E-state index < -0.39 is 6.04 Å². The van der Waals surface area contributed by atoms with Gasteiger partial charge in [0.25, 0.3) is 5.91 Å². The van der Waals surface area contributed by atoms with Crippen LogP contribution in [0.25, 0.3) is 0 Å². The van der Waals surface area contributed by atoms with E-state index in [1.807, 2.05) is 24.5 Å². The Hall–Kier alpha value is -1.53. The molecule has 1 fully saturated rings. The smallest absolute Gasteiger partial charge is 0.251 e. The molecule has 1 aromatic rings. The predicted octanol–water partition coefficient (Wildman–Crippen LogP) is 1.78. The third kappa shape index (κ3) is 5.24. The van der Waals surface area contributed by atoms with Crippen molar-refractivity contribution in [3.05, 3.63) is 35.9 Å². The van der Waals surface area contributed by atoms with Gasteiger partial charge in [-0.3, -0.25) is 9.59 Å². The third-order valence-corrected chi connectivity index (χ3v) is 5.20. The van der Waals surface area contributed by atoms with Crippen LogP contribution < -0.4 is 16.4 Å². The van der Waals surface area contributed by atoms with Crippen molar-refractivity contribution in [1.82, 2.24) is 10.6 Å². The van der Waals surface area contributed by atoms with Crippen LogP contribution in [-0.4, -0.2) is 42.5 Å². The molecule has 1 saturated carbocycles. The number of nitrogens with one attached hydrogen (secondary N) is 2. The van der Waals surface area contributed by atoms with Crippen molar-refractivity contribution in [2.75, 3.05) is 18.6 Å². The van der Waals surface area contributed by atoms with Gasteiger partial charge in [0.15, 0.2) is 0 Å². The predicted molar refractivity (Wildman–Crippen MR) is 99.0 cm³/mol. The number of thioether (sulfide) groups is 1. The van der Waals surface area contributed by atoms with Gasteiger partial charge < -0.3 is 16.4 Å². The fraction of sp³-hybridized carbons (Fsp3) is 0.556. The van der Waals surface area contributed by atoms with Crippen molar-refractivity contribution < 1.29 is 9.59 Å². The molecular formula is C18H27N3O2S. The molecule has 2 amide bonds. The molecule has 1 aliphatic rings. The Bertz CT molecular complexity index is 538. The monoisotopic (exact) mass is 349 g/mol. The zero-order valence-corrected chi connectivity index (χ0v) is 15.0. The van der Waals surface area contributed by atoms with Gasteiger partial charge in [-0.2, -0.15) is 11.8 Å². The van der Waals surface area contributed by atoms with Gasteiger partial charge in [0.2, 0.25) is 5.91 Å². The minimum atomic E-state index is -0.510. The van der Waals surface area contributed by atoms with E-state index >= 15 is 0 Å². The first-order chi connectivity index (χ1) is 11.7. The number of hydrogen-bond acceptors (Lipinski definition) is 4. The first kappa shape index (κ1) is 18.8. The molecule has 0 saturated heterocycles. The Balaban J connectivity index is 1.98. The summed E-state index contributed by atoms with van der Waals surface area (Å²) in [4.78, 5) is 25.0. The molecule has 3 unspecified atom stereocenters. The Morgan fingerprint density at radius 1 is 1.29 bits per heavy atom. The highest BCUT2D eigenvalue weighted by Crippen LogP contribution is 2.24. The molecule has 132 valence electrons. The molecule has 0 radical (unpaired) electrons. The lowest BCUT2D eigenvalue weighted by molar-refractivity contribution is -0.123. The lowest BCUT2D eigenvalue weighted by Crippen LogP contribution is -2.51. The molecule has 1 aliphatic carbocycles. The van der Waals surface area contributed by atoms with Crippen molar-refractivity contribution in [3.8, 4) is 0 Å². The maximum atomic E-state index is 12.7. The topological polar surface area (TPSA) is 84.2 Å². The zero-order valence-electron chi connectivity index (χ0n) is 14.2. The molecule has 5 nitrogen and oxygen atoms in total. The van der Waals surface area contributed by atoms with Crippen LogP contribution in [0.15, 0.2) is 30.3 Å². The molecular weight excluding hydrogens is 322 g/mol. The molecule has 1 aromatic carbocycles. The lowest BCUT2D eigenvalue weighted by Gasteiger charge is -2.24. The zero-order chi connectivity index (χ0) is 17.4. The first-order valence-electron chi connectivity index (χ1n) is 8.51. The molecule has 4 N–H and O–H groups in total. The average Bonchev–Trinajstić information content (AvgIpc) is 3.06.